The van der Waals surface area contributed by atoms with E-state index in [0.29, 0.717) is 11.4 Å². The quantitative estimate of drug-likeness (QED) is 0.676. The molecule has 0 aliphatic carbocycles. The number of aliphatic carboxylic acids is 1. The lowest BCUT2D eigenvalue weighted by atomic mass is 10.0. The molecule has 0 radical (unpaired) electrons. The molecule has 3 N–H and O–H groups in total. The summed E-state index contributed by atoms with van der Waals surface area (Å²) in [6, 6.07) is 1.16. The van der Waals surface area contributed by atoms with Gasteiger partial charge in [-0.15, -0.1) is 0 Å². The molecule has 1 aliphatic rings. The van der Waals surface area contributed by atoms with Crippen LogP contribution in [0.25, 0.3) is 0 Å². The van der Waals surface area contributed by atoms with Crippen LogP contribution in [0.4, 0.5) is 5.82 Å². The predicted molar refractivity (Wildman–Crippen MR) is 92.1 cm³/mol. The smallest absolute Gasteiger partial charge is 0.327 e. The number of nitrogens with one attached hydrogen (secondary N) is 2. The zero-order valence-electron chi connectivity index (χ0n) is 14.8. The average Bonchev–Trinajstić information content (AvgIpc) is 2.97. The van der Waals surface area contributed by atoms with E-state index in [1.807, 2.05) is 0 Å². The predicted octanol–water partition coefficient (Wildman–Crippen LogP) is 0.173. The number of hydrogen-bond acceptors (Lipinski definition) is 5. The number of fused-ring (bicyclic) bond motifs is 1. The summed E-state index contributed by atoms with van der Waals surface area (Å²) in [7, 11) is 1.65. The van der Waals surface area contributed by atoms with Gasteiger partial charge in [-0.05, 0) is 31.5 Å². The molecule has 0 spiro atoms. The van der Waals surface area contributed by atoms with Crippen LogP contribution in [0, 0.1) is 5.92 Å². The number of carboxylic acid groups (broad SMARTS) is 1. The van der Waals surface area contributed by atoms with Crippen molar-refractivity contribution in [1.82, 2.24) is 15.6 Å². The molecule has 8 nitrogen and oxygen atoms in total. The largest absolute Gasteiger partial charge is 0.480 e. The lowest BCUT2D eigenvalue weighted by Gasteiger charge is -2.30. The molecule has 1 aromatic heterocycles. The Morgan fingerprint density at radius 3 is 2.56 bits per heavy atom. The molecular formula is C17H24N4O4. The Morgan fingerprint density at radius 1 is 1.32 bits per heavy atom. The Bertz CT molecular complexity index is 676. The SMILES string of the molecule is CN[C@@H](C)C(=O)N[C@H](C(=O)N1c2ncccc2C[C@H]1C(=O)O)C(C)C. The molecule has 2 heterocycles. The van der Waals surface area contributed by atoms with Crippen LogP contribution >= 0.6 is 0 Å². The Kier molecular flexibility index (Phi) is 5.73. The first-order chi connectivity index (χ1) is 11.8. The topological polar surface area (TPSA) is 112 Å². The van der Waals surface area contributed by atoms with Crippen LogP contribution in [0.3, 0.4) is 0 Å². The highest BCUT2D eigenvalue weighted by Crippen LogP contribution is 2.31. The second kappa shape index (κ2) is 7.60. The highest BCUT2D eigenvalue weighted by Gasteiger charge is 2.43. The molecule has 1 aromatic rings. The van der Waals surface area contributed by atoms with Crippen LogP contribution in [0.1, 0.15) is 26.3 Å². The molecule has 0 fully saturated rings. The fourth-order valence-electron chi connectivity index (χ4n) is 2.78. The normalized spacial score (nSPS) is 18.6. The van der Waals surface area contributed by atoms with E-state index in [-0.39, 0.29) is 18.2 Å². The summed E-state index contributed by atoms with van der Waals surface area (Å²) in [6.45, 7) is 5.29. The average molecular weight is 348 g/mol. The van der Waals surface area contributed by atoms with Gasteiger partial charge in [0.1, 0.15) is 17.9 Å². The van der Waals surface area contributed by atoms with Crippen molar-refractivity contribution in [2.45, 2.75) is 45.3 Å². The van der Waals surface area contributed by atoms with Crippen LogP contribution in [0.5, 0.6) is 0 Å². The number of rotatable bonds is 6. The van der Waals surface area contributed by atoms with Crippen molar-refractivity contribution in [2.75, 3.05) is 11.9 Å². The minimum absolute atomic E-state index is 0.204. The van der Waals surface area contributed by atoms with Crippen molar-refractivity contribution < 1.29 is 19.5 Å². The van der Waals surface area contributed by atoms with E-state index < -0.39 is 30.0 Å². The van der Waals surface area contributed by atoms with Gasteiger partial charge in [0.15, 0.2) is 0 Å². The van der Waals surface area contributed by atoms with Crippen molar-refractivity contribution in [2.24, 2.45) is 5.92 Å². The molecule has 0 saturated carbocycles. The van der Waals surface area contributed by atoms with E-state index in [1.54, 1.807) is 40.0 Å². The first-order valence-corrected chi connectivity index (χ1v) is 8.25. The third-order valence-corrected chi connectivity index (χ3v) is 4.40. The van der Waals surface area contributed by atoms with E-state index in [9.17, 15) is 19.5 Å². The zero-order chi connectivity index (χ0) is 18.7. The summed E-state index contributed by atoms with van der Waals surface area (Å²) >= 11 is 0. The Balaban J connectivity index is 2.33. The van der Waals surface area contributed by atoms with Gasteiger partial charge >= 0.3 is 5.97 Å². The number of hydrogen-bond donors (Lipinski definition) is 3. The molecule has 25 heavy (non-hydrogen) atoms. The Hall–Kier alpha value is -2.48. The fourth-order valence-corrected chi connectivity index (χ4v) is 2.78. The maximum atomic E-state index is 13.1. The lowest BCUT2D eigenvalue weighted by molar-refractivity contribution is -0.140. The minimum atomic E-state index is -1.09. The van der Waals surface area contributed by atoms with Gasteiger partial charge in [-0.1, -0.05) is 19.9 Å². The van der Waals surface area contributed by atoms with E-state index in [0.717, 1.165) is 0 Å². The highest BCUT2D eigenvalue weighted by molar-refractivity contribution is 6.05. The van der Waals surface area contributed by atoms with E-state index >= 15 is 0 Å². The summed E-state index contributed by atoms with van der Waals surface area (Å²) in [6.07, 6.45) is 1.73. The number of aromatic nitrogens is 1. The first-order valence-electron chi connectivity index (χ1n) is 8.25. The van der Waals surface area contributed by atoms with Crippen molar-refractivity contribution >= 4 is 23.6 Å². The van der Waals surface area contributed by atoms with E-state index in [4.69, 9.17) is 0 Å². The number of anilines is 1. The van der Waals surface area contributed by atoms with Crippen LogP contribution in [0.2, 0.25) is 0 Å². The summed E-state index contributed by atoms with van der Waals surface area (Å²) < 4.78 is 0. The van der Waals surface area contributed by atoms with Crippen LogP contribution in [-0.2, 0) is 20.8 Å². The molecule has 2 rings (SSSR count). The van der Waals surface area contributed by atoms with Crippen molar-refractivity contribution in [3.8, 4) is 0 Å². The maximum absolute atomic E-state index is 13.1. The number of amides is 2. The highest BCUT2D eigenvalue weighted by atomic mass is 16.4. The van der Waals surface area contributed by atoms with Gasteiger partial charge in [0, 0.05) is 12.6 Å². The van der Waals surface area contributed by atoms with Gasteiger partial charge in [-0.25, -0.2) is 9.78 Å². The number of nitrogens with zero attached hydrogens (tertiary/aromatic N) is 2. The molecule has 0 unspecified atom stereocenters. The number of pyridine rings is 1. The molecule has 3 atom stereocenters. The number of carbonyl (C=O) groups is 3. The molecule has 0 aromatic carbocycles. The molecule has 0 saturated heterocycles. The maximum Gasteiger partial charge on any atom is 0.327 e. The molecule has 136 valence electrons. The number of carboxylic acids is 1. The molecule has 1 aliphatic heterocycles. The van der Waals surface area contributed by atoms with Crippen LogP contribution in [-0.4, -0.2) is 53.0 Å². The van der Waals surface area contributed by atoms with Crippen molar-refractivity contribution in [1.29, 1.82) is 0 Å². The minimum Gasteiger partial charge on any atom is -0.480 e. The number of likely N-dealkylation sites (N-methyl/N-ethyl adjacent to an activating group) is 1. The van der Waals surface area contributed by atoms with Crippen molar-refractivity contribution in [3.05, 3.63) is 23.9 Å². The Morgan fingerprint density at radius 2 is 2.00 bits per heavy atom. The third kappa shape index (κ3) is 3.79. The standard InChI is InChI=1S/C17H24N4O4/c1-9(2)13(20-15(22)10(3)18-4)16(23)21-12(17(24)25)8-11-6-5-7-19-14(11)21/h5-7,9-10,12-13,18H,8H2,1-4H3,(H,20,22)(H,24,25)/t10-,12-,13-/m0/s1. The molecule has 8 heteroatoms. The lowest BCUT2D eigenvalue weighted by Crippen LogP contribution is -2.57. The van der Waals surface area contributed by atoms with Crippen molar-refractivity contribution in [3.63, 3.8) is 0 Å². The summed E-state index contributed by atoms with van der Waals surface area (Å²) in [5.41, 5.74) is 0.709. The van der Waals surface area contributed by atoms with E-state index in [2.05, 4.69) is 15.6 Å². The molecular weight excluding hydrogens is 324 g/mol. The molecule has 0 bridgehead atoms. The second-order valence-electron chi connectivity index (χ2n) is 6.49. The summed E-state index contributed by atoms with van der Waals surface area (Å²) in [5, 5.41) is 15.1. The van der Waals surface area contributed by atoms with Gasteiger partial charge in [0.2, 0.25) is 5.91 Å². The zero-order valence-corrected chi connectivity index (χ0v) is 14.8. The summed E-state index contributed by atoms with van der Waals surface area (Å²) in [5.74, 6) is -1.73. The van der Waals surface area contributed by atoms with Gasteiger partial charge in [-0.3, -0.25) is 14.5 Å². The van der Waals surface area contributed by atoms with Gasteiger partial charge in [0.25, 0.3) is 5.91 Å². The second-order valence-corrected chi connectivity index (χ2v) is 6.49. The third-order valence-electron chi connectivity index (χ3n) is 4.40. The van der Waals surface area contributed by atoms with E-state index in [1.165, 1.54) is 11.1 Å². The summed E-state index contributed by atoms with van der Waals surface area (Å²) in [4.78, 5) is 42.3. The first kappa shape index (κ1) is 18.9. The Labute approximate surface area is 146 Å². The van der Waals surface area contributed by atoms with Crippen LogP contribution < -0.4 is 15.5 Å². The van der Waals surface area contributed by atoms with Gasteiger partial charge in [0.05, 0.1) is 6.04 Å². The fraction of sp³-hybridized carbons (Fsp3) is 0.529. The molecule has 2 amide bonds. The van der Waals surface area contributed by atoms with Gasteiger partial charge < -0.3 is 15.7 Å². The van der Waals surface area contributed by atoms with Gasteiger partial charge in [-0.2, -0.15) is 0 Å². The monoisotopic (exact) mass is 348 g/mol. The number of carbonyl (C=O) groups excluding carboxylic acids is 2. The van der Waals surface area contributed by atoms with Crippen LogP contribution in [0.15, 0.2) is 18.3 Å².